The highest BCUT2D eigenvalue weighted by Gasteiger charge is 2.42. The summed E-state index contributed by atoms with van der Waals surface area (Å²) in [4.78, 5) is 0. The Labute approximate surface area is 123 Å². The zero-order valence-electron chi connectivity index (χ0n) is 13.3. The Morgan fingerprint density at radius 2 is 1.95 bits per heavy atom. The minimum Gasteiger partial charge on any atom is -0.385 e. The van der Waals surface area contributed by atoms with Crippen molar-refractivity contribution >= 4 is 0 Å². The van der Waals surface area contributed by atoms with Crippen LogP contribution < -0.4 is 0 Å². The molecule has 1 aliphatic carbocycles. The van der Waals surface area contributed by atoms with Crippen LogP contribution in [0.4, 0.5) is 0 Å². The molecule has 0 spiro atoms. The number of benzene rings is 1. The summed E-state index contributed by atoms with van der Waals surface area (Å²) >= 11 is 0. The molecular formula is C18H28O2. The Balaban J connectivity index is 2.31. The molecule has 112 valence electrons. The van der Waals surface area contributed by atoms with Crippen molar-refractivity contribution < 1.29 is 9.84 Å². The van der Waals surface area contributed by atoms with Crippen LogP contribution in [0.3, 0.4) is 0 Å². The molecule has 2 nitrogen and oxygen atoms in total. The lowest BCUT2D eigenvalue weighted by molar-refractivity contribution is -0.146. The molecule has 1 N–H and O–H groups in total. The molecule has 1 fully saturated rings. The van der Waals surface area contributed by atoms with Crippen LogP contribution in [0, 0.1) is 19.8 Å². The number of aliphatic hydroxyl groups excluding tert-OH is 1. The molecular weight excluding hydrogens is 248 g/mol. The van der Waals surface area contributed by atoms with Gasteiger partial charge in [0.25, 0.3) is 0 Å². The largest absolute Gasteiger partial charge is 0.385 e. The van der Waals surface area contributed by atoms with Crippen molar-refractivity contribution in [2.45, 2.75) is 65.1 Å². The Morgan fingerprint density at radius 3 is 2.55 bits per heavy atom. The maximum Gasteiger partial charge on any atom is 0.108 e. The second kappa shape index (κ2) is 6.28. The monoisotopic (exact) mass is 276 g/mol. The van der Waals surface area contributed by atoms with Crippen LogP contribution in [0.5, 0.6) is 0 Å². The number of hydrogen-bond acceptors (Lipinski definition) is 2. The van der Waals surface area contributed by atoms with Crippen LogP contribution in [-0.2, 0) is 4.74 Å². The normalized spacial score (nSPS) is 28.4. The van der Waals surface area contributed by atoms with Crippen LogP contribution >= 0.6 is 0 Å². The molecule has 1 atom stereocenters. The van der Waals surface area contributed by atoms with E-state index >= 15 is 0 Å². The van der Waals surface area contributed by atoms with Gasteiger partial charge in [-0.25, -0.2) is 0 Å². The summed E-state index contributed by atoms with van der Waals surface area (Å²) in [5, 5.41) is 11.0. The predicted molar refractivity (Wildman–Crippen MR) is 82.9 cm³/mol. The third-order valence-corrected chi connectivity index (χ3v) is 4.78. The number of rotatable bonds is 4. The first-order valence-electron chi connectivity index (χ1n) is 7.87. The fourth-order valence-corrected chi connectivity index (χ4v) is 3.37. The molecule has 1 aromatic carbocycles. The molecule has 0 amide bonds. The van der Waals surface area contributed by atoms with E-state index in [0.29, 0.717) is 6.61 Å². The van der Waals surface area contributed by atoms with Crippen molar-refractivity contribution in [2.24, 2.45) is 5.92 Å². The van der Waals surface area contributed by atoms with E-state index in [9.17, 15) is 5.11 Å². The van der Waals surface area contributed by atoms with Gasteiger partial charge in [0, 0.05) is 6.61 Å². The zero-order chi connectivity index (χ0) is 14.8. The minimum absolute atomic E-state index is 0.389. The molecule has 1 saturated carbocycles. The smallest absolute Gasteiger partial charge is 0.108 e. The third-order valence-electron chi connectivity index (χ3n) is 4.78. The lowest BCUT2D eigenvalue weighted by atomic mass is 9.74. The van der Waals surface area contributed by atoms with E-state index in [1.54, 1.807) is 0 Å². The van der Waals surface area contributed by atoms with Gasteiger partial charge in [0.1, 0.15) is 6.10 Å². The van der Waals surface area contributed by atoms with Gasteiger partial charge in [-0.1, -0.05) is 30.7 Å². The van der Waals surface area contributed by atoms with E-state index in [1.807, 2.05) is 6.92 Å². The van der Waals surface area contributed by atoms with Gasteiger partial charge in [-0.2, -0.15) is 0 Å². The molecule has 0 heterocycles. The van der Waals surface area contributed by atoms with Gasteiger partial charge in [-0.05, 0) is 63.5 Å². The fourth-order valence-electron chi connectivity index (χ4n) is 3.37. The summed E-state index contributed by atoms with van der Waals surface area (Å²) in [6, 6.07) is 6.31. The molecule has 1 aliphatic rings. The highest BCUT2D eigenvalue weighted by Crippen LogP contribution is 2.44. The fraction of sp³-hybridized carbons (Fsp3) is 0.667. The minimum atomic E-state index is -0.519. The SMILES string of the molecule is CCOC1(C(O)c2cc(C)ccc2C)CCC(C)CC1. The molecule has 0 aromatic heterocycles. The number of ether oxygens (including phenoxy) is 1. The van der Waals surface area contributed by atoms with Crippen molar-refractivity contribution in [1.29, 1.82) is 0 Å². The summed E-state index contributed by atoms with van der Waals surface area (Å²) in [5.41, 5.74) is 2.99. The van der Waals surface area contributed by atoms with E-state index in [1.165, 1.54) is 5.56 Å². The molecule has 0 aliphatic heterocycles. The van der Waals surface area contributed by atoms with Crippen molar-refractivity contribution in [2.75, 3.05) is 6.61 Å². The van der Waals surface area contributed by atoms with Crippen LogP contribution in [0.1, 0.15) is 62.3 Å². The molecule has 2 rings (SSSR count). The van der Waals surface area contributed by atoms with Gasteiger partial charge < -0.3 is 9.84 Å². The topological polar surface area (TPSA) is 29.5 Å². The quantitative estimate of drug-likeness (QED) is 0.887. The van der Waals surface area contributed by atoms with Crippen molar-refractivity contribution in [3.05, 3.63) is 34.9 Å². The highest BCUT2D eigenvalue weighted by molar-refractivity contribution is 5.33. The summed E-state index contributed by atoms with van der Waals surface area (Å²) in [7, 11) is 0. The lowest BCUT2D eigenvalue weighted by Crippen LogP contribution is -2.43. The van der Waals surface area contributed by atoms with E-state index in [2.05, 4.69) is 39.0 Å². The van der Waals surface area contributed by atoms with E-state index in [-0.39, 0.29) is 5.60 Å². The van der Waals surface area contributed by atoms with Gasteiger partial charge in [0.2, 0.25) is 0 Å². The Hall–Kier alpha value is -0.860. The second-order valence-corrected chi connectivity index (χ2v) is 6.44. The van der Waals surface area contributed by atoms with Gasteiger partial charge in [0.05, 0.1) is 5.60 Å². The van der Waals surface area contributed by atoms with Crippen molar-refractivity contribution in [1.82, 2.24) is 0 Å². The summed E-state index contributed by atoms with van der Waals surface area (Å²) in [6.07, 6.45) is 3.67. The summed E-state index contributed by atoms with van der Waals surface area (Å²) in [6.45, 7) is 9.13. The number of hydrogen-bond donors (Lipinski definition) is 1. The average Bonchev–Trinajstić information content (AvgIpc) is 2.44. The van der Waals surface area contributed by atoms with Gasteiger partial charge in [-0.3, -0.25) is 0 Å². The van der Waals surface area contributed by atoms with Gasteiger partial charge in [0.15, 0.2) is 0 Å². The molecule has 2 heteroatoms. The zero-order valence-corrected chi connectivity index (χ0v) is 13.3. The maximum atomic E-state index is 11.0. The Kier molecular flexibility index (Phi) is 4.87. The van der Waals surface area contributed by atoms with Crippen molar-refractivity contribution in [3.63, 3.8) is 0 Å². The summed E-state index contributed by atoms with van der Waals surface area (Å²) in [5.74, 6) is 0.745. The highest BCUT2D eigenvalue weighted by atomic mass is 16.5. The van der Waals surface area contributed by atoms with E-state index in [0.717, 1.165) is 42.7 Å². The lowest BCUT2D eigenvalue weighted by Gasteiger charge is -2.43. The molecule has 0 saturated heterocycles. The van der Waals surface area contributed by atoms with Gasteiger partial charge >= 0.3 is 0 Å². The van der Waals surface area contributed by atoms with Crippen LogP contribution in [-0.4, -0.2) is 17.3 Å². The molecule has 20 heavy (non-hydrogen) atoms. The molecule has 0 radical (unpaired) electrons. The summed E-state index contributed by atoms with van der Waals surface area (Å²) < 4.78 is 6.08. The molecule has 1 unspecified atom stereocenters. The second-order valence-electron chi connectivity index (χ2n) is 6.44. The van der Waals surface area contributed by atoms with E-state index < -0.39 is 6.10 Å². The molecule has 0 bridgehead atoms. The third kappa shape index (κ3) is 3.07. The average molecular weight is 276 g/mol. The first-order valence-corrected chi connectivity index (χ1v) is 7.87. The predicted octanol–water partition coefficient (Wildman–Crippen LogP) is 4.32. The van der Waals surface area contributed by atoms with Crippen LogP contribution in [0.25, 0.3) is 0 Å². The van der Waals surface area contributed by atoms with E-state index in [4.69, 9.17) is 4.74 Å². The first kappa shape index (κ1) is 15.5. The maximum absolute atomic E-state index is 11.0. The van der Waals surface area contributed by atoms with Crippen LogP contribution in [0.15, 0.2) is 18.2 Å². The number of aryl methyl sites for hydroxylation is 2. The number of aliphatic hydroxyl groups is 1. The Bertz CT molecular complexity index is 445. The van der Waals surface area contributed by atoms with Gasteiger partial charge in [-0.15, -0.1) is 0 Å². The van der Waals surface area contributed by atoms with Crippen molar-refractivity contribution in [3.8, 4) is 0 Å². The standard InChI is InChI=1S/C18H28O2/c1-5-20-18(10-8-13(2)9-11-18)17(19)16-12-14(3)6-7-15(16)4/h6-7,12-13,17,19H,5,8-11H2,1-4H3. The first-order chi connectivity index (χ1) is 9.48. The molecule has 1 aromatic rings. The van der Waals surface area contributed by atoms with Crippen LogP contribution in [0.2, 0.25) is 0 Å². The Morgan fingerprint density at radius 1 is 1.30 bits per heavy atom.